The van der Waals surface area contributed by atoms with Crippen LogP contribution < -0.4 is 21.4 Å². The summed E-state index contributed by atoms with van der Waals surface area (Å²) in [5.74, 6) is -0.366. The lowest BCUT2D eigenvalue weighted by Gasteiger charge is -2.09. The van der Waals surface area contributed by atoms with Gasteiger partial charge in [0.05, 0.1) is 19.1 Å². The van der Waals surface area contributed by atoms with E-state index in [1.165, 1.54) is 0 Å². The number of carbonyl (C=O) groups is 2. The largest absolute Gasteiger partial charge is 0.461 e. The fraction of sp³-hybridized carbons (Fsp3) is 0.296. The quantitative estimate of drug-likeness (QED) is 0.172. The third-order valence-electron chi connectivity index (χ3n) is 6.13. The average molecular weight is 553 g/mol. The summed E-state index contributed by atoms with van der Waals surface area (Å²) in [4.78, 5) is 33.2. The highest BCUT2D eigenvalue weighted by Crippen LogP contribution is 2.20. The molecule has 4 aromatic rings. The number of halogens is 1. The Bertz CT molecular complexity index is 1510. The van der Waals surface area contributed by atoms with Crippen molar-refractivity contribution in [1.29, 1.82) is 0 Å². The highest BCUT2D eigenvalue weighted by atomic mass is 35.5. The van der Waals surface area contributed by atoms with E-state index in [0.717, 1.165) is 28.0 Å². The first-order chi connectivity index (χ1) is 18.7. The number of aliphatic hydroxyl groups excluding tert-OH is 1. The number of aryl methyl sites for hydroxylation is 1. The van der Waals surface area contributed by atoms with Crippen LogP contribution in [0.5, 0.6) is 0 Å². The SMILES string of the molecule is CC[n+]1c(CNC(=O)c2nc(Cl)c(N)nc2N)n(C[C@H](C)O)c2ccc(CC(=O)OCc3ccccc3)cc21. The van der Waals surface area contributed by atoms with Crippen LogP contribution >= 0.6 is 11.6 Å². The molecule has 0 aliphatic heterocycles. The number of amides is 1. The number of aliphatic hydroxyl groups is 1. The number of esters is 1. The molecular weight excluding hydrogens is 522 g/mol. The van der Waals surface area contributed by atoms with Crippen LogP contribution in [0.2, 0.25) is 5.15 Å². The second-order valence-electron chi connectivity index (χ2n) is 9.08. The normalized spacial score (nSPS) is 11.9. The van der Waals surface area contributed by atoms with Gasteiger partial charge >= 0.3 is 5.97 Å². The number of aromatic nitrogens is 4. The van der Waals surface area contributed by atoms with E-state index in [1.807, 2.05) is 64.6 Å². The Labute approximate surface area is 230 Å². The first-order valence-corrected chi connectivity index (χ1v) is 12.8. The van der Waals surface area contributed by atoms with E-state index in [0.29, 0.717) is 13.1 Å². The van der Waals surface area contributed by atoms with E-state index in [2.05, 4.69) is 15.3 Å². The number of hydrogen-bond acceptors (Lipinski definition) is 8. The van der Waals surface area contributed by atoms with Crippen LogP contribution in [-0.2, 0) is 42.2 Å². The molecule has 204 valence electrons. The van der Waals surface area contributed by atoms with Crippen molar-refractivity contribution in [2.75, 3.05) is 11.5 Å². The third kappa shape index (κ3) is 6.44. The van der Waals surface area contributed by atoms with Gasteiger partial charge in [0.2, 0.25) is 0 Å². The van der Waals surface area contributed by atoms with Crippen molar-refractivity contribution in [3.05, 3.63) is 76.3 Å². The van der Waals surface area contributed by atoms with E-state index in [1.54, 1.807) is 6.92 Å². The van der Waals surface area contributed by atoms with Gasteiger partial charge in [-0.2, -0.15) is 0 Å². The smallest absolute Gasteiger partial charge is 0.310 e. The highest BCUT2D eigenvalue weighted by molar-refractivity contribution is 6.31. The van der Waals surface area contributed by atoms with Crippen molar-refractivity contribution in [3.8, 4) is 0 Å². The number of hydrogen-bond donors (Lipinski definition) is 4. The molecule has 39 heavy (non-hydrogen) atoms. The van der Waals surface area contributed by atoms with Crippen molar-refractivity contribution in [1.82, 2.24) is 19.9 Å². The third-order valence-corrected chi connectivity index (χ3v) is 6.40. The van der Waals surface area contributed by atoms with Crippen LogP contribution in [0.1, 0.15) is 41.3 Å². The number of carbonyl (C=O) groups excluding carboxylic acids is 2. The molecule has 1 atom stereocenters. The zero-order valence-corrected chi connectivity index (χ0v) is 22.5. The molecule has 11 nitrogen and oxygen atoms in total. The molecule has 2 aromatic heterocycles. The molecule has 0 fully saturated rings. The monoisotopic (exact) mass is 552 g/mol. The van der Waals surface area contributed by atoms with Crippen molar-refractivity contribution < 1.29 is 24.0 Å². The molecule has 0 radical (unpaired) electrons. The molecule has 0 aliphatic carbocycles. The van der Waals surface area contributed by atoms with Crippen molar-refractivity contribution in [2.24, 2.45) is 0 Å². The van der Waals surface area contributed by atoms with Crippen LogP contribution in [-0.4, -0.2) is 37.6 Å². The van der Waals surface area contributed by atoms with E-state index in [-0.39, 0.29) is 48.0 Å². The lowest BCUT2D eigenvalue weighted by Crippen LogP contribution is -2.41. The first kappa shape index (κ1) is 27.8. The van der Waals surface area contributed by atoms with Gasteiger partial charge in [-0.05, 0) is 37.1 Å². The molecule has 0 saturated carbocycles. The predicted octanol–water partition coefficient (Wildman–Crippen LogP) is 2.15. The van der Waals surface area contributed by atoms with E-state index in [4.69, 9.17) is 27.8 Å². The Balaban J connectivity index is 1.59. The van der Waals surface area contributed by atoms with Crippen LogP contribution in [0.3, 0.4) is 0 Å². The van der Waals surface area contributed by atoms with Gasteiger partial charge in [-0.25, -0.2) is 19.1 Å². The molecule has 4 rings (SSSR count). The van der Waals surface area contributed by atoms with Crippen LogP contribution in [0.25, 0.3) is 11.0 Å². The highest BCUT2D eigenvalue weighted by Gasteiger charge is 2.27. The molecule has 0 unspecified atom stereocenters. The average Bonchev–Trinajstić information content (AvgIpc) is 3.19. The standard InChI is InChI=1S/C27H30ClN7O4/c1-3-34-20-11-18(12-22(37)39-15-17-7-5-4-6-8-17)9-10-19(20)35(14-16(2)36)21(34)13-31-27(38)23-25(29)33-26(30)24(28)32-23/h4-11,16,36H,3,12-15H2,1-2H3,(H4-,29,30,31,33,38)/p+1/t16-/m0/s1. The molecule has 12 heteroatoms. The Morgan fingerprint density at radius 3 is 2.56 bits per heavy atom. The topological polar surface area (TPSA) is 162 Å². The maximum absolute atomic E-state index is 12.9. The Hall–Kier alpha value is -4.22. The maximum Gasteiger partial charge on any atom is 0.310 e. The zero-order chi connectivity index (χ0) is 28.1. The lowest BCUT2D eigenvalue weighted by molar-refractivity contribution is -0.676. The van der Waals surface area contributed by atoms with Gasteiger partial charge in [0.25, 0.3) is 11.7 Å². The number of nitrogens with two attached hydrogens (primary N) is 2. The number of anilines is 2. The van der Waals surface area contributed by atoms with Gasteiger partial charge in [-0.15, -0.1) is 0 Å². The van der Waals surface area contributed by atoms with Crippen LogP contribution in [0, 0.1) is 0 Å². The minimum atomic E-state index is -0.648. The summed E-state index contributed by atoms with van der Waals surface area (Å²) in [5, 5.41) is 12.9. The lowest BCUT2D eigenvalue weighted by atomic mass is 10.1. The van der Waals surface area contributed by atoms with Crippen LogP contribution in [0.15, 0.2) is 48.5 Å². The summed E-state index contributed by atoms with van der Waals surface area (Å²) in [7, 11) is 0. The van der Waals surface area contributed by atoms with Gasteiger partial charge in [0.15, 0.2) is 33.5 Å². The predicted molar refractivity (Wildman–Crippen MR) is 146 cm³/mol. The van der Waals surface area contributed by atoms with Gasteiger partial charge in [-0.1, -0.05) is 48.0 Å². The summed E-state index contributed by atoms with van der Waals surface area (Å²) >= 11 is 5.93. The van der Waals surface area contributed by atoms with E-state index < -0.39 is 12.0 Å². The van der Waals surface area contributed by atoms with Crippen molar-refractivity contribution in [3.63, 3.8) is 0 Å². The number of benzene rings is 2. The summed E-state index contributed by atoms with van der Waals surface area (Å²) in [6, 6.07) is 15.2. The molecule has 0 bridgehead atoms. The second kappa shape index (κ2) is 12.1. The zero-order valence-electron chi connectivity index (χ0n) is 21.7. The van der Waals surface area contributed by atoms with E-state index in [9.17, 15) is 14.7 Å². The van der Waals surface area contributed by atoms with E-state index >= 15 is 0 Å². The summed E-state index contributed by atoms with van der Waals surface area (Å²) in [5.41, 5.74) is 14.7. The number of rotatable bonds is 10. The molecule has 1 amide bonds. The molecule has 0 aliphatic rings. The Morgan fingerprint density at radius 1 is 1.13 bits per heavy atom. The molecule has 2 aromatic carbocycles. The molecule has 6 N–H and O–H groups in total. The second-order valence-corrected chi connectivity index (χ2v) is 9.44. The van der Waals surface area contributed by atoms with Gasteiger partial charge in [-0.3, -0.25) is 9.59 Å². The van der Waals surface area contributed by atoms with Gasteiger partial charge in [0, 0.05) is 0 Å². The Kier molecular flexibility index (Phi) is 8.62. The van der Waals surface area contributed by atoms with Gasteiger partial charge in [0.1, 0.15) is 19.7 Å². The van der Waals surface area contributed by atoms with Crippen LogP contribution in [0.4, 0.5) is 11.6 Å². The number of imidazole rings is 1. The van der Waals surface area contributed by atoms with Crippen molar-refractivity contribution >= 4 is 46.1 Å². The number of ether oxygens (including phenoxy) is 1. The van der Waals surface area contributed by atoms with Crippen molar-refractivity contribution in [2.45, 2.75) is 52.6 Å². The summed E-state index contributed by atoms with van der Waals surface area (Å²) in [6.07, 6.45) is -0.541. The molecular formula is C27H31ClN7O4+. The molecule has 2 heterocycles. The van der Waals surface area contributed by atoms with Gasteiger partial charge < -0.3 is 26.6 Å². The minimum Gasteiger partial charge on any atom is -0.461 e. The molecule has 0 spiro atoms. The minimum absolute atomic E-state index is 0.0636. The first-order valence-electron chi connectivity index (χ1n) is 12.5. The number of nitrogens with one attached hydrogen (secondary N) is 1. The summed E-state index contributed by atoms with van der Waals surface area (Å²) in [6.45, 7) is 4.84. The Morgan fingerprint density at radius 2 is 1.87 bits per heavy atom. The molecule has 0 saturated heterocycles. The summed E-state index contributed by atoms with van der Waals surface area (Å²) < 4.78 is 9.40. The maximum atomic E-state index is 12.9. The number of nitrogen functional groups attached to an aromatic ring is 2. The number of nitrogens with zero attached hydrogens (tertiary/aromatic N) is 4. The fourth-order valence-electron chi connectivity index (χ4n) is 4.37. The number of fused-ring (bicyclic) bond motifs is 1. The fourth-order valence-corrected chi connectivity index (χ4v) is 4.49.